The molecule has 0 bridgehead atoms. The molecule has 1 aromatic heterocycles. The molecule has 24 heavy (non-hydrogen) atoms. The van der Waals surface area contributed by atoms with Gasteiger partial charge in [0, 0.05) is 16.1 Å². The minimum Gasteiger partial charge on any atom is -0.497 e. The lowest BCUT2D eigenvalue weighted by Gasteiger charge is -2.11. The summed E-state index contributed by atoms with van der Waals surface area (Å²) in [5, 5.41) is 10.1. The fraction of sp³-hybridized carbons (Fsp3) is 0.0526. The van der Waals surface area contributed by atoms with Crippen LogP contribution in [0.3, 0.4) is 0 Å². The maximum atomic E-state index is 9.45. The van der Waals surface area contributed by atoms with Crippen molar-refractivity contribution >= 4 is 17.4 Å². The van der Waals surface area contributed by atoms with Crippen LogP contribution in [0.2, 0.25) is 5.02 Å². The average Bonchev–Trinajstić information content (AvgIpc) is 2.61. The van der Waals surface area contributed by atoms with Crippen molar-refractivity contribution in [3.8, 4) is 34.2 Å². The predicted octanol–water partition coefficient (Wildman–Crippen LogP) is 4.53. The van der Waals surface area contributed by atoms with Crippen molar-refractivity contribution < 1.29 is 4.74 Å². The smallest absolute Gasteiger partial charge is 0.142 e. The zero-order chi connectivity index (χ0) is 17.1. The van der Waals surface area contributed by atoms with Gasteiger partial charge in [-0.25, -0.2) is 4.98 Å². The van der Waals surface area contributed by atoms with Crippen molar-refractivity contribution in [2.24, 2.45) is 0 Å². The highest BCUT2D eigenvalue weighted by Crippen LogP contribution is 2.32. The Bertz CT molecular complexity index is 930. The number of pyridine rings is 1. The maximum absolute atomic E-state index is 9.45. The Morgan fingerprint density at radius 3 is 2.46 bits per heavy atom. The highest BCUT2D eigenvalue weighted by molar-refractivity contribution is 6.30. The Kier molecular flexibility index (Phi) is 4.37. The van der Waals surface area contributed by atoms with E-state index in [1.54, 1.807) is 13.2 Å². The first-order valence-corrected chi connectivity index (χ1v) is 7.61. The molecule has 3 rings (SSSR count). The molecule has 2 N–H and O–H groups in total. The lowest BCUT2D eigenvalue weighted by molar-refractivity contribution is 0.415. The Balaban J connectivity index is 2.18. The van der Waals surface area contributed by atoms with Crippen LogP contribution in [-0.4, -0.2) is 12.1 Å². The van der Waals surface area contributed by atoms with Crippen LogP contribution in [0.15, 0.2) is 54.6 Å². The van der Waals surface area contributed by atoms with Crippen LogP contribution in [0.4, 0.5) is 5.82 Å². The van der Waals surface area contributed by atoms with Gasteiger partial charge in [0.1, 0.15) is 23.2 Å². The molecule has 0 saturated carbocycles. The highest BCUT2D eigenvalue weighted by Gasteiger charge is 2.13. The summed E-state index contributed by atoms with van der Waals surface area (Å²) in [5.74, 6) is 0.940. The third-order valence-corrected chi connectivity index (χ3v) is 3.92. The lowest BCUT2D eigenvalue weighted by atomic mass is 9.98. The molecule has 2 aromatic carbocycles. The molecule has 0 radical (unpaired) electrons. The van der Waals surface area contributed by atoms with Crippen LogP contribution in [-0.2, 0) is 0 Å². The molecule has 5 heteroatoms. The number of nitrogen functional groups attached to an aromatic ring is 1. The number of nitrogens with zero attached hydrogens (tertiary/aromatic N) is 2. The van der Waals surface area contributed by atoms with E-state index in [0.717, 1.165) is 22.4 Å². The quantitative estimate of drug-likeness (QED) is 0.763. The Morgan fingerprint density at radius 2 is 1.83 bits per heavy atom. The number of benzene rings is 2. The van der Waals surface area contributed by atoms with Crippen molar-refractivity contribution in [3.63, 3.8) is 0 Å². The fourth-order valence-electron chi connectivity index (χ4n) is 2.48. The van der Waals surface area contributed by atoms with Crippen LogP contribution in [0.1, 0.15) is 5.56 Å². The first kappa shape index (κ1) is 15.9. The van der Waals surface area contributed by atoms with Gasteiger partial charge in [-0.1, -0.05) is 35.9 Å². The molecule has 0 aliphatic rings. The molecule has 0 aliphatic heterocycles. The summed E-state index contributed by atoms with van der Waals surface area (Å²) in [6, 6.07) is 18.8. The third-order valence-electron chi connectivity index (χ3n) is 3.68. The SMILES string of the molecule is COc1ccc(-c2cc(-c3cccc(Cl)c3)nc(N)c2C#N)cc1. The predicted molar refractivity (Wildman–Crippen MR) is 95.8 cm³/mol. The van der Waals surface area contributed by atoms with Crippen LogP contribution >= 0.6 is 11.6 Å². The van der Waals surface area contributed by atoms with Gasteiger partial charge in [-0.3, -0.25) is 0 Å². The number of ether oxygens (including phenoxy) is 1. The molecule has 4 nitrogen and oxygen atoms in total. The van der Waals surface area contributed by atoms with Gasteiger partial charge < -0.3 is 10.5 Å². The number of methoxy groups -OCH3 is 1. The van der Waals surface area contributed by atoms with E-state index in [0.29, 0.717) is 16.3 Å². The highest BCUT2D eigenvalue weighted by atomic mass is 35.5. The van der Waals surface area contributed by atoms with Gasteiger partial charge in [-0.15, -0.1) is 0 Å². The number of aromatic nitrogens is 1. The van der Waals surface area contributed by atoms with Crippen molar-refractivity contribution in [3.05, 3.63) is 65.2 Å². The zero-order valence-electron chi connectivity index (χ0n) is 13.0. The van der Waals surface area contributed by atoms with Crippen LogP contribution in [0.25, 0.3) is 22.4 Å². The first-order valence-electron chi connectivity index (χ1n) is 7.23. The summed E-state index contributed by atoms with van der Waals surface area (Å²) in [7, 11) is 1.61. The number of hydrogen-bond acceptors (Lipinski definition) is 4. The Morgan fingerprint density at radius 1 is 1.08 bits per heavy atom. The van der Waals surface area contributed by atoms with Crippen molar-refractivity contribution in [2.75, 3.05) is 12.8 Å². The van der Waals surface area contributed by atoms with Gasteiger partial charge in [-0.2, -0.15) is 5.26 Å². The zero-order valence-corrected chi connectivity index (χ0v) is 13.7. The normalized spacial score (nSPS) is 10.2. The molecular weight excluding hydrogens is 322 g/mol. The molecule has 0 aliphatic carbocycles. The molecule has 0 fully saturated rings. The molecule has 0 amide bonds. The van der Waals surface area contributed by atoms with Crippen molar-refractivity contribution in [2.45, 2.75) is 0 Å². The third kappa shape index (κ3) is 3.03. The van der Waals surface area contributed by atoms with Gasteiger partial charge in [-0.05, 0) is 35.9 Å². The fourth-order valence-corrected chi connectivity index (χ4v) is 2.67. The number of nitrogens with two attached hydrogens (primary N) is 1. The molecular formula is C19H14ClN3O. The number of halogens is 1. The van der Waals surface area contributed by atoms with Crippen LogP contribution in [0, 0.1) is 11.3 Å². The summed E-state index contributed by atoms with van der Waals surface area (Å²) >= 11 is 6.06. The summed E-state index contributed by atoms with van der Waals surface area (Å²) in [6.45, 7) is 0. The second kappa shape index (κ2) is 6.61. The Hall–Kier alpha value is -3.03. The first-order chi connectivity index (χ1) is 11.6. The minimum absolute atomic E-state index is 0.195. The number of nitriles is 1. The molecule has 0 saturated heterocycles. The second-order valence-electron chi connectivity index (χ2n) is 5.17. The molecule has 0 unspecified atom stereocenters. The topological polar surface area (TPSA) is 71.9 Å². The van der Waals surface area contributed by atoms with Gasteiger partial charge >= 0.3 is 0 Å². The largest absolute Gasteiger partial charge is 0.497 e. The van der Waals surface area contributed by atoms with E-state index in [4.69, 9.17) is 22.1 Å². The molecule has 3 aromatic rings. The van der Waals surface area contributed by atoms with E-state index in [2.05, 4.69) is 11.1 Å². The molecule has 0 spiro atoms. The van der Waals surface area contributed by atoms with E-state index in [1.165, 1.54) is 0 Å². The monoisotopic (exact) mass is 335 g/mol. The molecule has 0 atom stereocenters. The van der Waals surface area contributed by atoms with Crippen molar-refractivity contribution in [1.29, 1.82) is 5.26 Å². The van der Waals surface area contributed by atoms with Gasteiger partial charge in [0.05, 0.1) is 12.8 Å². The van der Waals surface area contributed by atoms with Crippen LogP contribution in [0.5, 0.6) is 5.75 Å². The van der Waals surface area contributed by atoms with Gasteiger partial charge in [0.2, 0.25) is 0 Å². The van der Waals surface area contributed by atoms with E-state index in [-0.39, 0.29) is 5.82 Å². The van der Waals surface area contributed by atoms with Crippen LogP contribution < -0.4 is 10.5 Å². The van der Waals surface area contributed by atoms with Gasteiger partial charge in [0.15, 0.2) is 0 Å². The van der Waals surface area contributed by atoms with E-state index in [9.17, 15) is 5.26 Å². The lowest BCUT2D eigenvalue weighted by Crippen LogP contribution is -1.99. The number of anilines is 1. The molecule has 1 heterocycles. The standard InChI is InChI=1S/C19H14ClN3O/c1-24-15-7-5-12(6-8-15)16-10-18(23-19(22)17(16)11-21)13-3-2-4-14(20)9-13/h2-10H,1H3,(H2,22,23). The van der Waals surface area contributed by atoms with E-state index in [1.807, 2.05) is 48.5 Å². The maximum Gasteiger partial charge on any atom is 0.142 e. The summed E-state index contributed by atoms with van der Waals surface area (Å²) in [4.78, 5) is 4.35. The second-order valence-corrected chi connectivity index (χ2v) is 5.60. The van der Waals surface area contributed by atoms with Gasteiger partial charge in [0.25, 0.3) is 0 Å². The molecule has 118 valence electrons. The summed E-state index contributed by atoms with van der Waals surface area (Å²) < 4.78 is 5.17. The minimum atomic E-state index is 0.195. The van der Waals surface area contributed by atoms with E-state index < -0.39 is 0 Å². The summed E-state index contributed by atoms with van der Waals surface area (Å²) in [6.07, 6.45) is 0. The number of rotatable bonds is 3. The summed E-state index contributed by atoms with van der Waals surface area (Å²) in [5.41, 5.74) is 9.46. The number of hydrogen-bond donors (Lipinski definition) is 1. The average molecular weight is 336 g/mol. The van der Waals surface area contributed by atoms with E-state index >= 15 is 0 Å². The van der Waals surface area contributed by atoms with Crippen molar-refractivity contribution in [1.82, 2.24) is 4.98 Å². The Labute approximate surface area is 145 Å².